The predicted molar refractivity (Wildman–Crippen MR) is 121 cm³/mol. The summed E-state index contributed by atoms with van der Waals surface area (Å²) < 4.78 is 10.8. The third kappa shape index (κ3) is 8.35. The lowest BCUT2D eigenvalue weighted by Gasteiger charge is -2.13. The van der Waals surface area contributed by atoms with Crippen molar-refractivity contribution in [1.29, 1.82) is 0 Å². The van der Waals surface area contributed by atoms with Crippen LogP contribution in [0.5, 0.6) is 5.75 Å². The number of nitrogens with one attached hydrogen (secondary N) is 2. The van der Waals surface area contributed by atoms with Gasteiger partial charge in [0.1, 0.15) is 11.5 Å². The third-order valence-corrected chi connectivity index (χ3v) is 4.28. The summed E-state index contributed by atoms with van der Waals surface area (Å²) in [5, 5.41) is 6.77. The number of guanidine groups is 1. The lowest BCUT2D eigenvalue weighted by Crippen LogP contribution is -2.39. The molecule has 2 N–H and O–H groups in total. The van der Waals surface area contributed by atoms with E-state index in [2.05, 4.69) is 27.9 Å². The smallest absolute Gasteiger partial charge is 0.191 e. The molecule has 0 spiro atoms. The molecule has 1 aromatic heterocycles. The Hall–Kier alpha value is -1.35. The van der Waals surface area contributed by atoms with Crippen LogP contribution in [0.2, 0.25) is 0 Å². The number of ether oxygens (including phenoxy) is 1. The lowest BCUT2D eigenvalue weighted by molar-refractivity contribution is 0.409. The van der Waals surface area contributed by atoms with E-state index in [1.165, 1.54) is 5.56 Å². The molecule has 2 rings (SSSR count). The van der Waals surface area contributed by atoms with Gasteiger partial charge in [0.05, 0.1) is 19.9 Å². The van der Waals surface area contributed by atoms with Crippen LogP contribution >= 0.6 is 35.7 Å². The number of rotatable bonds is 10. The average Bonchev–Trinajstić information content (AvgIpc) is 3.15. The second-order valence-corrected chi connectivity index (χ2v) is 6.45. The Labute approximate surface area is 177 Å². The summed E-state index contributed by atoms with van der Waals surface area (Å²) in [4.78, 5) is 4.62. The Morgan fingerprint density at radius 2 is 1.88 bits per heavy atom. The molecule has 0 aliphatic rings. The summed E-state index contributed by atoms with van der Waals surface area (Å²) in [5.74, 6) is 3.76. The number of methoxy groups -OCH3 is 1. The normalized spacial score (nSPS) is 10.9. The highest BCUT2D eigenvalue weighted by Gasteiger charge is 2.03. The zero-order valence-electron chi connectivity index (χ0n) is 15.4. The Morgan fingerprint density at radius 3 is 2.58 bits per heavy atom. The number of para-hydroxylation sites is 1. The third-order valence-electron chi connectivity index (χ3n) is 3.69. The summed E-state index contributed by atoms with van der Waals surface area (Å²) in [7, 11) is 1.71. The van der Waals surface area contributed by atoms with E-state index in [1.807, 2.05) is 30.3 Å². The largest absolute Gasteiger partial charge is 0.496 e. The Kier molecular flexibility index (Phi) is 12.0. The molecule has 1 heterocycles. The summed E-state index contributed by atoms with van der Waals surface area (Å²) in [5.41, 5.74) is 1.19. The van der Waals surface area contributed by atoms with Gasteiger partial charge >= 0.3 is 0 Å². The van der Waals surface area contributed by atoms with Crippen LogP contribution in [0.1, 0.15) is 11.3 Å². The summed E-state index contributed by atoms with van der Waals surface area (Å²) in [6, 6.07) is 12.0. The van der Waals surface area contributed by atoms with Crippen LogP contribution in [-0.2, 0) is 12.8 Å². The summed E-state index contributed by atoms with van der Waals surface area (Å²) >= 11 is 1.80. The second-order valence-electron chi connectivity index (χ2n) is 5.47. The Bertz CT molecular complexity index is 635. The fourth-order valence-electron chi connectivity index (χ4n) is 2.41. The highest BCUT2D eigenvalue weighted by molar-refractivity contribution is 14.0. The molecular formula is C19H28IN3O2S. The highest BCUT2D eigenvalue weighted by Crippen LogP contribution is 2.17. The number of hydrogen-bond acceptors (Lipinski definition) is 4. The minimum atomic E-state index is 0. The van der Waals surface area contributed by atoms with Crippen molar-refractivity contribution in [3.05, 3.63) is 54.0 Å². The van der Waals surface area contributed by atoms with Gasteiger partial charge in [-0.15, -0.1) is 24.0 Å². The molecule has 0 bridgehead atoms. The van der Waals surface area contributed by atoms with Gasteiger partial charge in [-0.1, -0.05) is 18.2 Å². The molecule has 0 saturated carbocycles. The van der Waals surface area contributed by atoms with Crippen LogP contribution in [0.15, 0.2) is 52.1 Å². The van der Waals surface area contributed by atoms with Gasteiger partial charge in [0.25, 0.3) is 0 Å². The lowest BCUT2D eigenvalue weighted by atomic mass is 10.1. The molecule has 0 aliphatic heterocycles. The van der Waals surface area contributed by atoms with Gasteiger partial charge in [-0.25, -0.2) is 0 Å². The van der Waals surface area contributed by atoms with Gasteiger partial charge < -0.3 is 19.8 Å². The van der Waals surface area contributed by atoms with Crippen LogP contribution < -0.4 is 15.4 Å². The highest BCUT2D eigenvalue weighted by atomic mass is 127. The first kappa shape index (κ1) is 22.7. The fraction of sp³-hybridized carbons (Fsp3) is 0.421. The number of hydrogen-bond donors (Lipinski definition) is 2. The Balaban J connectivity index is 0.00000338. The molecule has 0 aliphatic carbocycles. The van der Waals surface area contributed by atoms with E-state index in [1.54, 1.807) is 25.1 Å². The van der Waals surface area contributed by atoms with Crippen molar-refractivity contribution in [2.24, 2.45) is 4.99 Å². The molecular weight excluding hydrogens is 461 g/mol. The van der Waals surface area contributed by atoms with E-state index in [9.17, 15) is 0 Å². The SMILES string of the molecule is COc1ccccc1CCNC(=NCCSC)NCCc1ccco1.I. The minimum Gasteiger partial charge on any atom is -0.496 e. The number of halogens is 1. The molecule has 0 amide bonds. The van der Waals surface area contributed by atoms with Crippen LogP contribution in [-0.4, -0.2) is 44.7 Å². The molecule has 0 radical (unpaired) electrons. The van der Waals surface area contributed by atoms with Gasteiger partial charge in [-0.3, -0.25) is 4.99 Å². The maximum atomic E-state index is 5.40. The molecule has 144 valence electrons. The van der Waals surface area contributed by atoms with E-state index >= 15 is 0 Å². The molecule has 5 nitrogen and oxygen atoms in total. The van der Waals surface area contributed by atoms with Crippen molar-refractivity contribution >= 4 is 41.7 Å². The van der Waals surface area contributed by atoms with E-state index < -0.39 is 0 Å². The van der Waals surface area contributed by atoms with Gasteiger partial charge in [-0.05, 0) is 36.4 Å². The number of benzene rings is 1. The molecule has 2 aromatic rings. The fourth-order valence-corrected chi connectivity index (χ4v) is 2.68. The first-order chi connectivity index (χ1) is 12.3. The molecule has 1 aromatic carbocycles. The monoisotopic (exact) mass is 489 g/mol. The number of nitrogens with zero attached hydrogens (tertiary/aromatic N) is 1. The predicted octanol–water partition coefficient (Wildman–Crippen LogP) is 3.59. The van der Waals surface area contributed by atoms with Crippen molar-refractivity contribution < 1.29 is 9.15 Å². The number of aliphatic imine (C=N–C) groups is 1. The second kappa shape index (κ2) is 13.8. The van der Waals surface area contributed by atoms with Gasteiger partial charge in [0.2, 0.25) is 0 Å². The van der Waals surface area contributed by atoms with Crippen molar-refractivity contribution in [3.8, 4) is 5.75 Å². The average molecular weight is 489 g/mol. The number of thioether (sulfide) groups is 1. The zero-order valence-corrected chi connectivity index (χ0v) is 18.5. The maximum Gasteiger partial charge on any atom is 0.191 e. The standard InChI is InChI=1S/C19H27N3O2S.HI/c1-23-18-8-4-3-6-16(18)9-11-20-19(22-13-15-25-2)21-12-10-17-7-5-14-24-17;/h3-8,14H,9-13,15H2,1-2H3,(H2,20,21,22);1H. The van der Waals surface area contributed by atoms with E-state index in [4.69, 9.17) is 9.15 Å². The van der Waals surface area contributed by atoms with E-state index in [0.29, 0.717) is 0 Å². The first-order valence-corrected chi connectivity index (χ1v) is 9.88. The van der Waals surface area contributed by atoms with Crippen molar-refractivity contribution in [3.63, 3.8) is 0 Å². The first-order valence-electron chi connectivity index (χ1n) is 8.49. The van der Waals surface area contributed by atoms with Crippen LogP contribution in [0, 0.1) is 0 Å². The van der Waals surface area contributed by atoms with Crippen LogP contribution in [0.25, 0.3) is 0 Å². The van der Waals surface area contributed by atoms with Crippen molar-refractivity contribution in [2.75, 3.05) is 38.8 Å². The van der Waals surface area contributed by atoms with E-state index in [0.717, 1.165) is 55.7 Å². The Morgan fingerprint density at radius 1 is 1.12 bits per heavy atom. The molecule has 26 heavy (non-hydrogen) atoms. The summed E-state index contributed by atoms with van der Waals surface area (Å²) in [6.07, 6.45) is 5.51. The molecule has 0 atom stereocenters. The number of furan rings is 1. The van der Waals surface area contributed by atoms with Gasteiger partial charge in [-0.2, -0.15) is 11.8 Å². The van der Waals surface area contributed by atoms with Gasteiger partial charge in [0.15, 0.2) is 5.96 Å². The van der Waals surface area contributed by atoms with Crippen LogP contribution in [0.4, 0.5) is 0 Å². The van der Waals surface area contributed by atoms with Crippen molar-refractivity contribution in [1.82, 2.24) is 10.6 Å². The molecule has 0 saturated heterocycles. The molecule has 0 fully saturated rings. The minimum absolute atomic E-state index is 0. The maximum absolute atomic E-state index is 5.40. The summed E-state index contributed by atoms with van der Waals surface area (Å²) in [6.45, 7) is 2.38. The molecule has 7 heteroatoms. The quantitative estimate of drug-likeness (QED) is 0.231. The van der Waals surface area contributed by atoms with Gasteiger partial charge in [0, 0.05) is 25.3 Å². The molecule has 0 unspecified atom stereocenters. The van der Waals surface area contributed by atoms with Crippen molar-refractivity contribution in [2.45, 2.75) is 12.8 Å². The van der Waals surface area contributed by atoms with E-state index in [-0.39, 0.29) is 24.0 Å². The van der Waals surface area contributed by atoms with Crippen LogP contribution in [0.3, 0.4) is 0 Å². The topological polar surface area (TPSA) is 58.8 Å². The zero-order chi connectivity index (χ0) is 17.7.